The Hall–Kier alpha value is -3.57. The van der Waals surface area contributed by atoms with E-state index in [1.165, 1.54) is 11.0 Å². The van der Waals surface area contributed by atoms with E-state index in [1.807, 2.05) is 13.0 Å². The molecular weight excluding hydrogens is 579 g/mol. The SMILES string of the molecule is CCCNC(=O)[C@@H](Cc1ccccc1)N(Cc1ccc(Cl)cc1)C(=O)CN(c1cccc(C(F)(F)F)c1)S(C)(=O)=O. The van der Waals surface area contributed by atoms with Gasteiger partial charge in [0, 0.05) is 24.5 Å². The first-order valence-electron chi connectivity index (χ1n) is 12.8. The first kappa shape index (κ1) is 32.0. The summed E-state index contributed by atoms with van der Waals surface area (Å²) in [6, 6.07) is 18.3. The van der Waals surface area contributed by atoms with Crippen molar-refractivity contribution in [2.75, 3.05) is 23.7 Å². The van der Waals surface area contributed by atoms with E-state index in [-0.39, 0.29) is 18.7 Å². The van der Waals surface area contributed by atoms with Crippen molar-refractivity contribution in [1.29, 1.82) is 0 Å². The number of hydrogen-bond donors (Lipinski definition) is 1. The summed E-state index contributed by atoms with van der Waals surface area (Å²) in [5.74, 6) is -1.21. The normalized spacial score (nSPS) is 12.4. The Morgan fingerprint density at radius 3 is 2.20 bits per heavy atom. The zero-order valence-corrected chi connectivity index (χ0v) is 24.1. The minimum Gasteiger partial charge on any atom is -0.354 e. The number of anilines is 1. The standard InChI is InChI=1S/C29H31ClF3N3O4S/c1-3-16-34-28(38)26(17-21-8-5-4-6-9-21)35(19-22-12-14-24(30)15-13-22)27(37)20-36(41(2,39)40)25-11-7-10-23(18-25)29(31,32)33/h4-15,18,26H,3,16-17,19-20H2,1-2H3,(H,34,38)/t26-/m1/s1. The van der Waals surface area contributed by atoms with Crippen LogP contribution >= 0.6 is 11.6 Å². The average Bonchev–Trinajstić information content (AvgIpc) is 2.92. The topological polar surface area (TPSA) is 86.8 Å². The lowest BCUT2D eigenvalue weighted by molar-refractivity contribution is -0.140. The number of nitrogens with one attached hydrogen (secondary N) is 1. The van der Waals surface area contributed by atoms with Crippen molar-refractivity contribution >= 4 is 39.1 Å². The molecule has 1 atom stereocenters. The van der Waals surface area contributed by atoms with Crippen LogP contribution in [0.2, 0.25) is 5.02 Å². The van der Waals surface area contributed by atoms with Gasteiger partial charge < -0.3 is 10.2 Å². The highest BCUT2D eigenvalue weighted by Crippen LogP contribution is 2.32. The molecule has 41 heavy (non-hydrogen) atoms. The van der Waals surface area contributed by atoms with Crippen LogP contribution in [-0.2, 0) is 38.8 Å². The molecule has 0 aliphatic heterocycles. The van der Waals surface area contributed by atoms with Crippen molar-refractivity contribution < 1.29 is 31.2 Å². The van der Waals surface area contributed by atoms with Gasteiger partial charge in [-0.05, 0) is 47.9 Å². The molecule has 0 heterocycles. The Bertz CT molecular complexity index is 1440. The lowest BCUT2D eigenvalue weighted by atomic mass is 10.0. The highest BCUT2D eigenvalue weighted by molar-refractivity contribution is 7.92. The third-order valence-electron chi connectivity index (χ3n) is 6.23. The fourth-order valence-electron chi connectivity index (χ4n) is 4.16. The summed E-state index contributed by atoms with van der Waals surface area (Å²) >= 11 is 6.02. The molecule has 0 bridgehead atoms. The summed E-state index contributed by atoms with van der Waals surface area (Å²) < 4.78 is 66.3. The van der Waals surface area contributed by atoms with E-state index in [2.05, 4.69) is 5.32 Å². The summed E-state index contributed by atoms with van der Waals surface area (Å²) in [5, 5.41) is 3.27. The first-order chi connectivity index (χ1) is 19.3. The van der Waals surface area contributed by atoms with Crippen LogP contribution in [0.4, 0.5) is 18.9 Å². The van der Waals surface area contributed by atoms with Gasteiger partial charge >= 0.3 is 6.18 Å². The van der Waals surface area contributed by atoms with Crippen molar-refractivity contribution in [2.45, 2.75) is 38.5 Å². The maximum absolute atomic E-state index is 13.9. The summed E-state index contributed by atoms with van der Waals surface area (Å²) in [5.41, 5.74) is -0.00263. The fraction of sp³-hybridized carbons (Fsp3) is 0.310. The summed E-state index contributed by atoms with van der Waals surface area (Å²) in [6.45, 7) is 1.34. The van der Waals surface area contributed by atoms with Gasteiger partial charge in [0.25, 0.3) is 0 Å². The minimum absolute atomic E-state index is 0.0762. The van der Waals surface area contributed by atoms with Gasteiger partial charge in [-0.3, -0.25) is 13.9 Å². The van der Waals surface area contributed by atoms with Crippen LogP contribution < -0.4 is 9.62 Å². The van der Waals surface area contributed by atoms with Crippen LogP contribution in [0.3, 0.4) is 0 Å². The summed E-state index contributed by atoms with van der Waals surface area (Å²) in [7, 11) is -4.21. The van der Waals surface area contributed by atoms with Gasteiger partial charge in [0.1, 0.15) is 12.6 Å². The molecule has 0 fully saturated rings. The van der Waals surface area contributed by atoms with Crippen molar-refractivity contribution in [3.63, 3.8) is 0 Å². The molecule has 7 nitrogen and oxygen atoms in total. The van der Waals surface area contributed by atoms with E-state index >= 15 is 0 Å². The van der Waals surface area contributed by atoms with Gasteiger partial charge in [-0.15, -0.1) is 0 Å². The second kappa shape index (κ2) is 13.9. The highest BCUT2D eigenvalue weighted by atomic mass is 35.5. The van der Waals surface area contributed by atoms with Crippen molar-refractivity contribution in [3.05, 3.63) is 101 Å². The molecule has 2 amide bonds. The predicted molar refractivity (Wildman–Crippen MR) is 153 cm³/mol. The van der Waals surface area contributed by atoms with E-state index in [9.17, 15) is 31.2 Å². The number of hydrogen-bond acceptors (Lipinski definition) is 4. The van der Waals surface area contributed by atoms with Crippen LogP contribution in [0.1, 0.15) is 30.0 Å². The number of benzene rings is 3. The fourth-order valence-corrected chi connectivity index (χ4v) is 5.13. The lowest BCUT2D eigenvalue weighted by Crippen LogP contribution is -2.53. The first-order valence-corrected chi connectivity index (χ1v) is 15.0. The van der Waals surface area contributed by atoms with Gasteiger partial charge in [-0.1, -0.05) is 67.1 Å². The second-order valence-corrected chi connectivity index (χ2v) is 11.8. The molecule has 0 saturated heterocycles. The van der Waals surface area contributed by atoms with E-state index in [1.54, 1.807) is 48.5 Å². The van der Waals surface area contributed by atoms with Crippen molar-refractivity contribution in [1.82, 2.24) is 10.2 Å². The third-order valence-corrected chi connectivity index (χ3v) is 7.62. The molecule has 0 aliphatic rings. The molecule has 0 aliphatic carbocycles. The van der Waals surface area contributed by atoms with Gasteiger partial charge in [-0.2, -0.15) is 13.2 Å². The van der Waals surface area contributed by atoms with Crippen LogP contribution in [0, 0.1) is 0 Å². The quantitative estimate of drug-likeness (QED) is 0.302. The smallest absolute Gasteiger partial charge is 0.354 e. The van der Waals surface area contributed by atoms with Gasteiger partial charge in [-0.25, -0.2) is 8.42 Å². The van der Waals surface area contributed by atoms with E-state index in [0.29, 0.717) is 33.9 Å². The van der Waals surface area contributed by atoms with Gasteiger partial charge in [0.05, 0.1) is 17.5 Å². The zero-order chi connectivity index (χ0) is 30.2. The molecule has 12 heteroatoms. The largest absolute Gasteiger partial charge is 0.416 e. The second-order valence-electron chi connectivity index (χ2n) is 9.46. The molecule has 0 radical (unpaired) electrons. The molecule has 0 aromatic heterocycles. The number of rotatable bonds is 12. The maximum atomic E-state index is 13.9. The summed E-state index contributed by atoms with van der Waals surface area (Å²) in [4.78, 5) is 28.6. The third kappa shape index (κ3) is 9.22. The Kier molecular flexibility index (Phi) is 10.8. The molecular formula is C29H31ClF3N3O4S. The number of halogens is 4. The minimum atomic E-state index is -4.72. The molecule has 3 rings (SSSR count). The average molecular weight is 610 g/mol. The van der Waals surface area contributed by atoms with Crippen LogP contribution in [-0.4, -0.2) is 50.5 Å². The summed E-state index contributed by atoms with van der Waals surface area (Å²) in [6.07, 6.45) is -3.15. The molecule has 1 N–H and O–H groups in total. The number of carbonyl (C=O) groups excluding carboxylic acids is 2. The highest BCUT2D eigenvalue weighted by Gasteiger charge is 2.35. The van der Waals surface area contributed by atoms with E-state index in [0.717, 1.165) is 24.0 Å². The zero-order valence-electron chi connectivity index (χ0n) is 22.6. The van der Waals surface area contributed by atoms with Crippen molar-refractivity contribution in [2.24, 2.45) is 0 Å². The number of amides is 2. The van der Waals surface area contributed by atoms with Gasteiger partial charge in [0.2, 0.25) is 21.8 Å². The monoisotopic (exact) mass is 609 g/mol. The molecule has 220 valence electrons. The van der Waals surface area contributed by atoms with Crippen molar-refractivity contribution in [3.8, 4) is 0 Å². The Morgan fingerprint density at radius 1 is 0.951 bits per heavy atom. The predicted octanol–water partition coefficient (Wildman–Crippen LogP) is 5.29. The Morgan fingerprint density at radius 2 is 1.61 bits per heavy atom. The number of alkyl halides is 3. The molecule has 0 unspecified atom stereocenters. The number of sulfonamides is 1. The maximum Gasteiger partial charge on any atom is 0.416 e. The van der Waals surface area contributed by atoms with E-state index < -0.39 is 46.2 Å². The molecule has 3 aromatic rings. The molecule has 0 saturated carbocycles. The number of carbonyl (C=O) groups is 2. The van der Waals surface area contributed by atoms with Crippen LogP contribution in [0.5, 0.6) is 0 Å². The Balaban J connectivity index is 2.06. The molecule has 3 aromatic carbocycles. The van der Waals surface area contributed by atoms with Gasteiger partial charge in [0.15, 0.2) is 0 Å². The lowest BCUT2D eigenvalue weighted by Gasteiger charge is -2.33. The Labute approximate surface area is 243 Å². The van der Waals surface area contributed by atoms with Crippen LogP contribution in [0.25, 0.3) is 0 Å². The van der Waals surface area contributed by atoms with E-state index in [4.69, 9.17) is 11.6 Å². The molecule has 0 spiro atoms. The number of nitrogens with zero attached hydrogens (tertiary/aromatic N) is 2. The van der Waals surface area contributed by atoms with Crippen LogP contribution in [0.15, 0.2) is 78.9 Å².